The number of rotatable bonds is 6. The average molecular weight is 434 g/mol. The Bertz CT molecular complexity index is 914. The van der Waals surface area contributed by atoms with Crippen molar-refractivity contribution in [3.63, 3.8) is 0 Å². The Morgan fingerprint density at radius 3 is 2.48 bits per heavy atom. The normalized spacial score (nSPS) is 14.2. The van der Waals surface area contributed by atoms with Crippen LogP contribution in [-0.2, 0) is 4.79 Å². The fourth-order valence-corrected chi connectivity index (χ4v) is 4.43. The highest BCUT2D eigenvalue weighted by molar-refractivity contribution is 7.99. The lowest BCUT2D eigenvalue weighted by Crippen LogP contribution is -2.49. The number of thioether (sulfide) groups is 1. The number of carbonyl (C=O) groups excluding carboxylic acids is 1. The van der Waals surface area contributed by atoms with Crippen LogP contribution in [0.4, 0.5) is 11.4 Å². The number of hydrogen-bond donors (Lipinski definition) is 0. The lowest BCUT2D eigenvalue weighted by Gasteiger charge is -2.35. The summed E-state index contributed by atoms with van der Waals surface area (Å²) in [7, 11) is 0. The highest BCUT2D eigenvalue weighted by Gasteiger charge is 2.25. The van der Waals surface area contributed by atoms with E-state index in [1.807, 2.05) is 9.80 Å². The van der Waals surface area contributed by atoms with Gasteiger partial charge in [0.25, 0.3) is 5.69 Å². The molecule has 1 amide bonds. The summed E-state index contributed by atoms with van der Waals surface area (Å²) in [6.07, 6.45) is 0.485. The summed E-state index contributed by atoms with van der Waals surface area (Å²) >= 11 is 7.59. The van der Waals surface area contributed by atoms with Gasteiger partial charge in [0, 0.05) is 54.3 Å². The topological polar surface area (TPSA) is 66.7 Å². The van der Waals surface area contributed by atoms with Crippen molar-refractivity contribution in [2.75, 3.05) is 36.8 Å². The van der Waals surface area contributed by atoms with Gasteiger partial charge in [-0.05, 0) is 49.2 Å². The minimum atomic E-state index is -0.414. The molecule has 0 aliphatic carbocycles. The van der Waals surface area contributed by atoms with Gasteiger partial charge in [-0.1, -0.05) is 17.7 Å². The van der Waals surface area contributed by atoms with Crippen molar-refractivity contribution in [2.24, 2.45) is 0 Å². The van der Waals surface area contributed by atoms with Crippen LogP contribution in [-0.4, -0.2) is 47.7 Å². The van der Waals surface area contributed by atoms with Gasteiger partial charge in [0.05, 0.1) is 4.92 Å². The summed E-state index contributed by atoms with van der Waals surface area (Å²) in [4.78, 5) is 28.4. The van der Waals surface area contributed by atoms with Crippen LogP contribution >= 0.6 is 23.4 Å². The minimum Gasteiger partial charge on any atom is -0.362 e. The summed E-state index contributed by atoms with van der Waals surface area (Å²) < 4.78 is 0. The van der Waals surface area contributed by atoms with Gasteiger partial charge in [-0.15, -0.1) is 11.8 Å². The molecule has 1 aliphatic rings. The molecule has 8 heteroatoms. The fraction of sp³-hybridized carbons (Fsp3) is 0.381. The highest BCUT2D eigenvalue weighted by atomic mass is 35.5. The second-order valence-electron chi connectivity index (χ2n) is 7.10. The number of nitro benzene ring substituents is 1. The molecule has 1 aliphatic heterocycles. The van der Waals surface area contributed by atoms with E-state index in [0.717, 1.165) is 5.75 Å². The Balaban J connectivity index is 1.51. The van der Waals surface area contributed by atoms with Crippen molar-refractivity contribution in [1.29, 1.82) is 0 Å². The monoisotopic (exact) mass is 433 g/mol. The maximum absolute atomic E-state index is 12.5. The largest absolute Gasteiger partial charge is 0.362 e. The van der Waals surface area contributed by atoms with Gasteiger partial charge in [-0.2, -0.15) is 0 Å². The molecule has 0 saturated carbocycles. The maximum Gasteiger partial charge on any atom is 0.294 e. The van der Waals surface area contributed by atoms with E-state index in [-0.39, 0.29) is 11.6 Å². The summed E-state index contributed by atoms with van der Waals surface area (Å²) in [6, 6.07) is 11.1. The van der Waals surface area contributed by atoms with Crippen LogP contribution in [0, 0.1) is 24.0 Å². The Morgan fingerprint density at radius 2 is 1.83 bits per heavy atom. The van der Waals surface area contributed by atoms with Crippen LogP contribution < -0.4 is 4.90 Å². The van der Waals surface area contributed by atoms with Crippen LogP contribution in [0.2, 0.25) is 5.02 Å². The lowest BCUT2D eigenvalue weighted by molar-refractivity contribution is -0.384. The van der Waals surface area contributed by atoms with Gasteiger partial charge in [-0.25, -0.2) is 0 Å². The molecule has 1 saturated heterocycles. The van der Waals surface area contributed by atoms with Gasteiger partial charge in [0.2, 0.25) is 5.91 Å². The quantitative estimate of drug-likeness (QED) is 0.375. The van der Waals surface area contributed by atoms with Crippen molar-refractivity contribution in [3.05, 3.63) is 62.7 Å². The summed E-state index contributed by atoms with van der Waals surface area (Å²) in [5, 5.41) is 11.7. The van der Waals surface area contributed by atoms with E-state index < -0.39 is 4.92 Å². The molecule has 0 radical (unpaired) electrons. The molecule has 2 aromatic rings. The van der Waals surface area contributed by atoms with Crippen molar-refractivity contribution in [2.45, 2.75) is 25.2 Å². The van der Waals surface area contributed by atoms with Crippen LogP contribution in [0.5, 0.6) is 0 Å². The molecule has 1 fully saturated rings. The zero-order chi connectivity index (χ0) is 21.0. The third-order valence-electron chi connectivity index (χ3n) is 5.17. The second-order valence-corrected chi connectivity index (χ2v) is 8.71. The predicted molar refractivity (Wildman–Crippen MR) is 118 cm³/mol. The Morgan fingerprint density at radius 1 is 1.10 bits per heavy atom. The van der Waals surface area contributed by atoms with Gasteiger partial charge in [-0.3, -0.25) is 14.9 Å². The van der Waals surface area contributed by atoms with Crippen LogP contribution in [0.1, 0.15) is 17.5 Å². The number of anilines is 1. The number of benzene rings is 2. The third kappa shape index (κ3) is 5.42. The first-order valence-corrected chi connectivity index (χ1v) is 10.9. The summed E-state index contributed by atoms with van der Waals surface area (Å²) in [6.45, 7) is 6.44. The number of piperazine rings is 1. The summed E-state index contributed by atoms with van der Waals surface area (Å²) in [5.41, 5.74) is 3.08. The zero-order valence-electron chi connectivity index (χ0n) is 16.6. The smallest absolute Gasteiger partial charge is 0.294 e. The van der Waals surface area contributed by atoms with E-state index >= 15 is 0 Å². The molecule has 6 nitrogen and oxygen atoms in total. The van der Waals surface area contributed by atoms with Crippen molar-refractivity contribution < 1.29 is 9.72 Å². The number of aryl methyl sites for hydroxylation is 2. The fourth-order valence-electron chi connectivity index (χ4n) is 3.32. The predicted octanol–water partition coefficient (Wildman–Crippen LogP) is 4.70. The van der Waals surface area contributed by atoms with Crippen molar-refractivity contribution >= 4 is 40.6 Å². The first kappa shape index (κ1) is 21.5. The molecular formula is C21H24ClN3O3S. The number of halogens is 1. The first-order chi connectivity index (χ1) is 13.8. The number of carbonyl (C=O) groups is 1. The SMILES string of the molecule is Cc1ccc(SCCC(=O)N2CCN(c3ccc(Cl)cc3[N+](=O)[O-])CC2)cc1C. The average Bonchev–Trinajstić information content (AvgIpc) is 2.70. The minimum absolute atomic E-state index is 0.00191. The zero-order valence-corrected chi connectivity index (χ0v) is 18.1. The molecule has 3 rings (SSSR count). The number of hydrogen-bond acceptors (Lipinski definition) is 5. The molecule has 0 N–H and O–H groups in total. The van der Waals surface area contributed by atoms with Gasteiger partial charge < -0.3 is 9.80 Å². The Kier molecular flexibility index (Phi) is 7.03. The van der Waals surface area contributed by atoms with Crippen molar-refractivity contribution in [1.82, 2.24) is 4.90 Å². The van der Waals surface area contributed by atoms with Gasteiger partial charge in [0.15, 0.2) is 0 Å². The lowest BCUT2D eigenvalue weighted by atomic mass is 10.1. The van der Waals surface area contributed by atoms with Crippen LogP contribution in [0.25, 0.3) is 0 Å². The molecule has 154 valence electrons. The van der Waals surface area contributed by atoms with E-state index in [1.54, 1.807) is 23.9 Å². The Labute approximate surface area is 180 Å². The molecule has 0 spiro atoms. The molecule has 29 heavy (non-hydrogen) atoms. The molecule has 0 bridgehead atoms. The third-order valence-corrected chi connectivity index (χ3v) is 6.40. The number of nitro groups is 1. The maximum atomic E-state index is 12.5. The number of nitrogens with zero attached hydrogens (tertiary/aromatic N) is 3. The van der Waals surface area contributed by atoms with Crippen LogP contribution in [0.15, 0.2) is 41.3 Å². The molecule has 0 unspecified atom stereocenters. The molecule has 0 atom stereocenters. The van der Waals surface area contributed by atoms with Crippen LogP contribution in [0.3, 0.4) is 0 Å². The van der Waals surface area contributed by atoms with Gasteiger partial charge in [0.1, 0.15) is 5.69 Å². The highest BCUT2D eigenvalue weighted by Crippen LogP contribution is 2.31. The van der Waals surface area contributed by atoms with Crippen molar-refractivity contribution in [3.8, 4) is 0 Å². The summed E-state index contributed by atoms with van der Waals surface area (Å²) in [5.74, 6) is 0.871. The molecule has 1 heterocycles. The standard InChI is InChI=1S/C21H24ClN3O3S/c1-15-3-5-18(13-16(15)2)29-12-7-21(26)24-10-8-23(9-11-24)19-6-4-17(22)14-20(19)25(27)28/h3-6,13-14H,7-12H2,1-2H3. The Hall–Kier alpha value is -2.25. The van der Waals surface area contributed by atoms with E-state index in [9.17, 15) is 14.9 Å². The van der Waals surface area contributed by atoms with E-state index in [0.29, 0.717) is 43.3 Å². The molecule has 2 aromatic carbocycles. The second kappa shape index (κ2) is 9.50. The first-order valence-electron chi connectivity index (χ1n) is 9.52. The van der Waals surface area contributed by atoms with E-state index in [1.165, 1.54) is 22.1 Å². The molecule has 0 aromatic heterocycles. The van der Waals surface area contributed by atoms with Gasteiger partial charge >= 0.3 is 0 Å². The number of amides is 1. The van der Waals surface area contributed by atoms with E-state index in [2.05, 4.69) is 32.0 Å². The molecular weight excluding hydrogens is 410 g/mol. The van der Waals surface area contributed by atoms with E-state index in [4.69, 9.17) is 11.6 Å².